The lowest BCUT2D eigenvalue weighted by atomic mass is 10.2. The van der Waals surface area contributed by atoms with Crippen LogP contribution in [0.25, 0.3) is 0 Å². The lowest BCUT2D eigenvalue weighted by Crippen LogP contribution is -2.47. The molecule has 1 rings (SSSR count). The monoisotopic (exact) mass is 238 g/mol. The fourth-order valence-electron chi connectivity index (χ4n) is 1.17. The summed E-state index contributed by atoms with van der Waals surface area (Å²) in [5, 5.41) is 21.9. The highest BCUT2D eigenvalue weighted by Crippen LogP contribution is 1.96. The topological polar surface area (TPSA) is 98.7 Å². The van der Waals surface area contributed by atoms with Gasteiger partial charge in [-0.3, -0.25) is 0 Å². The highest BCUT2D eigenvalue weighted by atomic mass is 16.4. The Morgan fingerprint density at radius 3 is 2.41 bits per heavy atom. The first kappa shape index (κ1) is 13.0. The number of hydrogen-bond acceptors (Lipinski definition) is 3. The standard InChI is InChI=1S/C11H14N2O4/c14-7-9(10(15)16)13-11(17)12-6-8-4-2-1-3-5-8/h1-5,9,14H,6-7H2,(H,15,16)(H2,12,13,17)/t9-/m0/s1. The maximum atomic E-state index is 11.3. The molecule has 0 saturated heterocycles. The number of urea groups is 1. The Morgan fingerprint density at radius 1 is 1.24 bits per heavy atom. The van der Waals surface area contributed by atoms with Crippen LogP contribution in [0, 0.1) is 0 Å². The van der Waals surface area contributed by atoms with E-state index < -0.39 is 24.6 Å². The second kappa shape index (κ2) is 6.49. The molecule has 1 atom stereocenters. The van der Waals surface area contributed by atoms with Crippen molar-refractivity contribution in [2.24, 2.45) is 0 Å². The van der Waals surface area contributed by atoms with Crippen LogP contribution >= 0.6 is 0 Å². The SMILES string of the molecule is O=C(NCc1ccccc1)N[C@@H](CO)C(=O)O. The van der Waals surface area contributed by atoms with E-state index in [0.717, 1.165) is 5.56 Å². The van der Waals surface area contributed by atoms with E-state index in [1.54, 1.807) is 0 Å². The fourth-order valence-corrected chi connectivity index (χ4v) is 1.17. The van der Waals surface area contributed by atoms with Crippen molar-refractivity contribution >= 4 is 12.0 Å². The molecule has 17 heavy (non-hydrogen) atoms. The number of aliphatic carboxylic acids is 1. The minimum absolute atomic E-state index is 0.296. The zero-order valence-electron chi connectivity index (χ0n) is 9.09. The minimum atomic E-state index is -1.29. The molecule has 4 N–H and O–H groups in total. The van der Waals surface area contributed by atoms with Gasteiger partial charge in [0.15, 0.2) is 6.04 Å². The highest BCUT2D eigenvalue weighted by Gasteiger charge is 2.18. The molecule has 0 unspecified atom stereocenters. The summed E-state index contributed by atoms with van der Waals surface area (Å²) >= 11 is 0. The number of carbonyl (C=O) groups excluding carboxylic acids is 1. The molecule has 0 aliphatic rings. The summed E-state index contributed by atoms with van der Waals surface area (Å²) in [6.45, 7) is -0.349. The second-order valence-electron chi connectivity index (χ2n) is 3.39. The summed E-state index contributed by atoms with van der Waals surface area (Å²) in [7, 11) is 0. The normalized spacial score (nSPS) is 11.6. The number of rotatable bonds is 5. The Labute approximate surface area is 98.3 Å². The number of carboxylic acid groups (broad SMARTS) is 1. The van der Waals surface area contributed by atoms with E-state index in [1.165, 1.54) is 0 Å². The van der Waals surface area contributed by atoms with Crippen molar-refractivity contribution in [3.8, 4) is 0 Å². The van der Waals surface area contributed by atoms with Gasteiger partial charge in [-0.1, -0.05) is 30.3 Å². The van der Waals surface area contributed by atoms with Gasteiger partial charge >= 0.3 is 12.0 Å². The third-order valence-electron chi connectivity index (χ3n) is 2.08. The molecule has 0 aromatic heterocycles. The predicted molar refractivity (Wildman–Crippen MR) is 60.3 cm³/mol. The smallest absolute Gasteiger partial charge is 0.328 e. The average molecular weight is 238 g/mol. The minimum Gasteiger partial charge on any atom is -0.480 e. The van der Waals surface area contributed by atoms with E-state index >= 15 is 0 Å². The van der Waals surface area contributed by atoms with E-state index in [9.17, 15) is 9.59 Å². The molecule has 0 radical (unpaired) electrons. The molecule has 0 heterocycles. The molecule has 6 nitrogen and oxygen atoms in total. The first-order chi connectivity index (χ1) is 8.13. The molecule has 0 aliphatic carbocycles. The molecule has 0 bridgehead atoms. The molecular weight excluding hydrogens is 224 g/mol. The first-order valence-corrected chi connectivity index (χ1v) is 5.05. The van der Waals surface area contributed by atoms with Crippen LogP contribution in [0.3, 0.4) is 0 Å². The summed E-state index contributed by atoms with van der Waals surface area (Å²) in [5.74, 6) is -1.28. The zero-order chi connectivity index (χ0) is 12.7. The maximum absolute atomic E-state index is 11.3. The van der Waals surface area contributed by atoms with Crippen LogP contribution in [-0.4, -0.2) is 34.9 Å². The number of hydrogen-bond donors (Lipinski definition) is 4. The van der Waals surface area contributed by atoms with Gasteiger partial charge in [0, 0.05) is 6.54 Å². The molecule has 92 valence electrons. The van der Waals surface area contributed by atoms with Crippen LogP contribution in [0.15, 0.2) is 30.3 Å². The molecule has 1 aromatic carbocycles. The number of nitrogens with one attached hydrogen (secondary N) is 2. The molecule has 0 saturated carbocycles. The molecule has 1 aromatic rings. The predicted octanol–water partition coefficient (Wildman–Crippen LogP) is -0.0687. The number of carboxylic acids is 1. The summed E-state index contributed by atoms with van der Waals surface area (Å²) < 4.78 is 0. The van der Waals surface area contributed by atoms with E-state index in [4.69, 9.17) is 10.2 Å². The van der Waals surface area contributed by atoms with E-state index in [0.29, 0.717) is 6.54 Å². The molecular formula is C11H14N2O4. The van der Waals surface area contributed by atoms with Crippen LogP contribution in [0.5, 0.6) is 0 Å². The van der Waals surface area contributed by atoms with Crippen LogP contribution in [0.2, 0.25) is 0 Å². The lowest BCUT2D eigenvalue weighted by molar-refractivity contribution is -0.140. The number of amides is 2. The third kappa shape index (κ3) is 4.52. The van der Waals surface area contributed by atoms with E-state index in [-0.39, 0.29) is 0 Å². The van der Waals surface area contributed by atoms with Crippen LogP contribution < -0.4 is 10.6 Å². The number of aliphatic hydroxyl groups excluding tert-OH is 1. The molecule has 0 fully saturated rings. The number of aliphatic hydroxyl groups is 1. The summed E-state index contributed by atoms with van der Waals surface area (Å²) in [6, 6.07) is 7.28. The lowest BCUT2D eigenvalue weighted by Gasteiger charge is -2.12. The van der Waals surface area contributed by atoms with Gasteiger partial charge in [-0.25, -0.2) is 9.59 Å². The number of carbonyl (C=O) groups is 2. The van der Waals surface area contributed by atoms with Crippen molar-refractivity contribution in [2.75, 3.05) is 6.61 Å². The van der Waals surface area contributed by atoms with Gasteiger partial charge in [-0.15, -0.1) is 0 Å². The van der Waals surface area contributed by atoms with E-state index in [1.807, 2.05) is 30.3 Å². The first-order valence-electron chi connectivity index (χ1n) is 5.05. The van der Waals surface area contributed by atoms with Gasteiger partial charge in [0.1, 0.15) is 0 Å². The Balaban J connectivity index is 2.37. The third-order valence-corrected chi connectivity index (χ3v) is 2.08. The fraction of sp³-hybridized carbons (Fsp3) is 0.273. The van der Waals surface area contributed by atoms with Crippen molar-refractivity contribution in [1.82, 2.24) is 10.6 Å². The van der Waals surface area contributed by atoms with Crippen molar-refractivity contribution in [3.05, 3.63) is 35.9 Å². The van der Waals surface area contributed by atoms with Gasteiger partial charge in [-0.05, 0) is 5.56 Å². The average Bonchev–Trinajstić information content (AvgIpc) is 2.34. The maximum Gasteiger partial charge on any atom is 0.328 e. The van der Waals surface area contributed by atoms with Crippen LogP contribution in [0.1, 0.15) is 5.56 Å². The van der Waals surface area contributed by atoms with Crippen LogP contribution in [0.4, 0.5) is 4.79 Å². The van der Waals surface area contributed by atoms with Gasteiger partial charge in [0.25, 0.3) is 0 Å². The zero-order valence-corrected chi connectivity index (χ0v) is 9.09. The summed E-state index contributed by atoms with van der Waals surface area (Å²) in [6.07, 6.45) is 0. The Morgan fingerprint density at radius 2 is 1.88 bits per heavy atom. The van der Waals surface area contributed by atoms with Gasteiger partial charge in [0.05, 0.1) is 6.61 Å². The largest absolute Gasteiger partial charge is 0.480 e. The highest BCUT2D eigenvalue weighted by molar-refractivity contribution is 5.82. The molecule has 0 spiro atoms. The van der Waals surface area contributed by atoms with Crippen molar-refractivity contribution < 1.29 is 19.8 Å². The second-order valence-corrected chi connectivity index (χ2v) is 3.39. The Bertz CT molecular complexity index is 380. The van der Waals surface area contributed by atoms with E-state index in [2.05, 4.69) is 10.6 Å². The van der Waals surface area contributed by atoms with Gasteiger partial charge in [0.2, 0.25) is 0 Å². The van der Waals surface area contributed by atoms with Gasteiger partial charge in [-0.2, -0.15) is 0 Å². The summed E-state index contributed by atoms with van der Waals surface area (Å²) in [4.78, 5) is 21.8. The Kier molecular flexibility index (Phi) is 4.96. The van der Waals surface area contributed by atoms with Crippen molar-refractivity contribution in [3.63, 3.8) is 0 Å². The van der Waals surface area contributed by atoms with Crippen molar-refractivity contribution in [1.29, 1.82) is 0 Å². The quantitative estimate of drug-likeness (QED) is 0.577. The molecule has 6 heteroatoms. The van der Waals surface area contributed by atoms with Crippen LogP contribution in [-0.2, 0) is 11.3 Å². The molecule has 0 aliphatic heterocycles. The van der Waals surface area contributed by atoms with Crippen molar-refractivity contribution in [2.45, 2.75) is 12.6 Å². The molecule has 2 amide bonds. The Hall–Kier alpha value is -2.08. The summed E-state index contributed by atoms with van der Waals surface area (Å²) in [5.41, 5.74) is 0.901. The number of benzene rings is 1. The van der Waals surface area contributed by atoms with Gasteiger partial charge < -0.3 is 20.8 Å².